The van der Waals surface area contributed by atoms with E-state index in [1.807, 2.05) is 0 Å². The van der Waals surface area contributed by atoms with Gasteiger partial charge in [0, 0.05) is 18.7 Å². The monoisotopic (exact) mass is 266 g/mol. The Morgan fingerprint density at radius 3 is 2.44 bits per heavy atom. The molecule has 1 aromatic rings. The van der Waals surface area contributed by atoms with Gasteiger partial charge in [0.15, 0.2) is 5.11 Å². The lowest BCUT2D eigenvalue weighted by atomic mass is 10.1. The summed E-state index contributed by atoms with van der Waals surface area (Å²) < 4.78 is 0. The number of quaternary nitrogens is 1. The molecule has 3 N–H and O–H groups in total. The molecule has 0 aliphatic heterocycles. The molecule has 0 aliphatic carbocycles. The summed E-state index contributed by atoms with van der Waals surface area (Å²) in [5.74, 6) is 0. The zero-order valence-electron chi connectivity index (χ0n) is 11.5. The first-order valence-electron chi connectivity index (χ1n) is 6.54. The third-order valence-electron chi connectivity index (χ3n) is 2.76. The lowest BCUT2D eigenvalue weighted by Crippen LogP contribution is -3.05. The van der Waals surface area contributed by atoms with Crippen LogP contribution in [0.1, 0.15) is 18.9 Å². The third kappa shape index (κ3) is 5.98. The van der Waals surface area contributed by atoms with Crippen molar-refractivity contribution < 1.29 is 4.90 Å². The molecule has 4 heteroatoms. The predicted octanol–water partition coefficient (Wildman–Crippen LogP) is 1.07. The highest BCUT2D eigenvalue weighted by Gasteiger charge is 1.98. The van der Waals surface area contributed by atoms with Gasteiger partial charge in [-0.15, -0.1) is 0 Å². The maximum absolute atomic E-state index is 5.25. The summed E-state index contributed by atoms with van der Waals surface area (Å²) in [6.45, 7) is 4.23. The Bertz CT molecular complexity index is 360. The molecule has 0 saturated carbocycles. The smallest absolute Gasteiger partial charge is 0.170 e. The molecule has 0 atom stereocenters. The molecule has 1 rings (SSSR count). The fraction of sp³-hybridized carbons (Fsp3) is 0.500. The van der Waals surface area contributed by atoms with Crippen LogP contribution in [0.5, 0.6) is 0 Å². The summed E-state index contributed by atoms with van der Waals surface area (Å²) in [7, 11) is 4.32. The van der Waals surface area contributed by atoms with Gasteiger partial charge in [-0.25, -0.2) is 0 Å². The van der Waals surface area contributed by atoms with Crippen molar-refractivity contribution in [2.75, 3.05) is 32.5 Å². The van der Waals surface area contributed by atoms with Gasteiger partial charge in [-0.2, -0.15) is 0 Å². The molecule has 0 heterocycles. The molecule has 0 spiro atoms. The average Bonchev–Trinajstić information content (AvgIpc) is 2.35. The second kappa shape index (κ2) is 8.06. The van der Waals surface area contributed by atoms with Crippen molar-refractivity contribution in [2.45, 2.75) is 19.8 Å². The van der Waals surface area contributed by atoms with Gasteiger partial charge in [0.05, 0.1) is 20.6 Å². The van der Waals surface area contributed by atoms with Gasteiger partial charge in [-0.1, -0.05) is 19.1 Å². The number of thiocarbonyl (C=S) groups is 1. The van der Waals surface area contributed by atoms with Crippen LogP contribution in [-0.2, 0) is 6.42 Å². The molecular formula is C14H24N3S+. The van der Waals surface area contributed by atoms with E-state index in [9.17, 15) is 0 Å². The first kappa shape index (κ1) is 14.9. The molecule has 0 aromatic heterocycles. The van der Waals surface area contributed by atoms with Crippen LogP contribution in [0.4, 0.5) is 5.69 Å². The number of aryl methyl sites for hydroxylation is 1. The van der Waals surface area contributed by atoms with Crippen molar-refractivity contribution in [3.05, 3.63) is 29.8 Å². The highest BCUT2D eigenvalue weighted by Crippen LogP contribution is 2.09. The summed E-state index contributed by atoms with van der Waals surface area (Å²) in [4.78, 5) is 1.46. The molecule has 0 aliphatic rings. The van der Waals surface area contributed by atoms with Crippen LogP contribution in [0.15, 0.2) is 24.3 Å². The number of hydrogen-bond donors (Lipinski definition) is 3. The molecule has 1 aromatic carbocycles. The van der Waals surface area contributed by atoms with Gasteiger partial charge in [0.1, 0.15) is 0 Å². The van der Waals surface area contributed by atoms with Gasteiger partial charge in [-0.3, -0.25) is 0 Å². The minimum atomic E-state index is 0.702. The summed E-state index contributed by atoms with van der Waals surface area (Å²) in [6, 6.07) is 8.38. The van der Waals surface area contributed by atoms with Crippen molar-refractivity contribution in [1.82, 2.24) is 5.32 Å². The van der Waals surface area contributed by atoms with E-state index in [4.69, 9.17) is 12.2 Å². The lowest BCUT2D eigenvalue weighted by molar-refractivity contribution is -0.858. The number of nitrogens with one attached hydrogen (secondary N) is 3. The zero-order chi connectivity index (χ0) is 13.4. The Labute approximate surface area is 116 Å². The highest BCUT2D eigenvalue weighted by atomic mass is 32.1. The largest absolute Gasteiger partial charge is 0.362 e. The zero-order valence-corrected chi connectivity index (χ0v) is 12.4. The molecule has 3 nitrogen and oxygen atoms in total. The van der Waals surface area contributed by atoms with Crippen LogP contribution in [0, 0.1) is 0 Å². The van der Waals surface area contributed by atoms with E-state index in [0.717, 1.165) is 31.6 Å². The molecule has 0 bridgehead atoms. The molecule has 18 heavy (non-hydrogen) atoms. The molecule has 0 fully saturated rings. The van der Waals surface area contributed by atoms with E-state index in [1.54, 1.807) is 0 Å². The molecule has 0 radical (unpaired) electrons. The van der Waals surface area contributed by atoms with E-state index in [2.05, 4.69) is 55.9 Å². The topological polar surface area (TPSA) is 28.5 Å². The van der Waals surface area contributed by atoms with Crippen molar-refractivity contribution in [2.24, 2.45) is 0 Å². The Kier molecular flexibility index (Phi) is 6.68. The van der Waals surface area contributed by atoms with Gasteiger partial charge in [-0.05, 0) is 36.3 Å². The Hall–Kier alpha value is -1.13. The minimum Gasteiger partial charge on any atom is -0.362 e. The normalized spacial score (nSPS) is 10.4. The summed E-state index contributed by atoms with van der Waals surface area (Å²) in [5, 5.41) is 7.12. The van der Waals surface area contributed by atoms with Gasteiger partial charge in [0.2, 0.25) is 0 Å². The van der Waals surface area contributed by atoms with E-state index in [0.29, 0.717) is 5.11 Å². The van der Waals surface area contributed by atoms with Crippen molar-refractivity contribution in [1.29, 1.82) is 0 Å². The molecule has 0 amide bonds. The quantitative estimate of drug-likeness (QED) is 0.531. The number of rotatable bonds is 6. The highest BCUT2D eigenvalue weighted by molar-refractivity contribution is 7.80. The van der Waals surface area contributed by atoms with Gasteiger partial charge >= 0.3 is 0 Å². The Morgan fingerprint density at radius 1 is 1.22 bits per heavy atom. The number of anilines is 1. The second-order valence-corrected chi connectivity index (χ2v) is 5.15. The van der Waals surface area contributed by atoms with Gasteiger partial charge in [0.25, 0.3) is 0 Å². The SMILES string of the molecule is CCc1ccc(NC(=S)NCCC[NH+](C)C)cc1. The van der Waals surface area contributed by atoms with Crippen LogP contribution < -0.4 is 15.5 Å². The maximum Gasteiger partial charge on any atom is 0.170 e. The van der Waals surface area contributed by atoms with Crippen LogP contribution in [0.25, 0.3) is 0 Å². The first-order valence-corrected chi connectivity index (χ1v) is 6.95. The molecule has 0 saturated heterocycles. The average molecular weight is 266 g/mol. The van der Waals surface area contributed by atoms with E-state index in [1.165, 1.54) is 10.5 Å². The van der Waals surface area contributed by atoms with Crippen LogP contribution >= 0.6 is 12.2 Å². The standard InChI is InChI=1S/C14H23N3S/c1-4-12-6-8-13(9-7-12)16-14(18)15-10-5-11-17(2)3/h6-9H,4-5,10-11H2,1-3H3,(H2,15,16,18)/p+1. The summed E-state index contributed by atoms with van der Waals surface area (Å²) in [5.41, 5.74) is 2.39. The number of hydrogen-bond acceptors (Lipinski definition) is 1. The fourth-order valence-corrected chi connectivity index (χ4v) is 1.86. The maximum atomic E-state index is 5.25. The van der Waals surface area contributed by atoms with E-state index >= 15 is 0 Å². The van der Waals surface area contributed by atoms with Crippen molar-refractivity contribution in [3.63, 3.8) is 0 Å². The third-order valence-corrected chi connectivity index (χ3v) is 3.01. The van der Waals surface area contributed by atoms with Crippen molar-refractivity contribution in [3.8, 4) is 0 Å². The van der Waals surface area contributed by atoms with Crippen LogP contribution in [-0.4, -0.2) is 32.3 Å². The minimum absolute atomic E-state index is 0.702. The van der Waals surface area contributed by atoms with Crippen LogP contribution in [0.3, 0.4) is 0 Å². The first-order chi connectivity index (χ1) is 8.61. The summed E-state index contributed by atoms with van der Waals surface area (Å²) in [6.07, 6.45) is 2.19. The Balaban J connectivity index is 2.26. The van der Waals surface area contributed by atoms with Crippen molar-refractivity contribution >= 4 is 23.0 Å². The molecule has 100 valence electrons. The van der Waals surface area contributed by atoms with Gasteiger partial charge < -0.3 is 15.5 Å². The summed E-state index contributed by atoms with van der Waals surface area (Å²) >= 11 is 5.25. The molecule has 0 unspecified atom stereocenters. The fourth-order valence-electron chi connectivity index (χ4n) is 1.64. The number of benzene rings is 1. The second-order valence-electron chi connectivity index (χ2n) is 4.74. The Morgan fingerprint density at radius 2 is 1.89 bits per heavy atom. The van der Waals surface area contributed by atoms with E-state index < -0.39 is 0 Å². The van der Waals surface area contributed by atoms with E-state index in [-0.39, 0.29) is 0 Å². The molecular weight excluding hydrogens is 242 g/mol. The lowest BCUT2D eigenvalue weighted by Gasteiger charge is -2.11. The van der Waals surface area contributed by atoms with Crippen LogP contribution in [0.2, 0.25) is 0 Å². The predicted molar refractivity (Wildman–Crippen MR) is 82.3 cm³/mol.